The van der Waals surface area contributed by atoms with Crippen LogP contribution in [0.5, 0.6) is 5.75 Å². The second kappa shape index (κ2) is 10.6. The number of carbonyl (C=O) groups is 1. The molecule has 0 unspecified atom stereocenters. The van der Waals surface area contributed by atoms with Gasteiger partial charge in [-0.3, -0.25) is 9.36 Å². The number of rotatable bonds is 7. The fourth-order valence-corrected chi connectivity index (χ4v) is 4.22. The molecule has 0 bridgehead atoms. The first-order valence-corrected chi connectivity index (χ1v) is 12.0. The molecule has 4 aromatic rings. The first-order valence-electron chi connectivity index (χ1n) is 11.6. The fraction of sp³-hybridized carbons (Fsp3) is 0.222. The highest BCUT2D eigenvalue weighted by Crippen LogP contribution is 2.32. The van der Waals surface area contributed by atoms with Crippen LogP contribution in [0, 0.1) is 5.82 Å². The van der Waals surface area contributed by atoms with Crippen LogP contribution < -0.4 is 11.0 Å². The number of hydrogen-bond donors (Lipinski definition) is 2. The largest absolute Gasteiger partial charge is 0.507 e. The summed E-state index contributed by atoms with van der Waals surface area (Å²) in [5.41, 5.74) is -2.36. The minimum absolute atomic E-state index is 0.0395. The topological polar surface area (TPSA) is 89.2 Å². The van der Waals surface area contributed by atoms with Gasteiger partial charge in [-0.15, -0.1) is 5.10 Å². The number of amides is 1. The van der Waals surface area contributed by atoms with E-state index < -0.39 is 41.2 Å². The SMILES string of the molecule is CC(C)(NC(=O)Cn1nc(-c2ccc(Cl)cc2O)n(Cc2ccccc2F)c1=O)c1cccc(C(F)(F)F)c1. The molecule has 1 amide bonds. The second-order valence-corrected chi connectivity index (χ2v) is 9.79. The smallest absolute Gasteiger partial charge is 0.416 e. The van der Waals surface area contributed by atoms with E-state index in [0.29, 0.717) is 0 Å². The number of aromatic hydroxyl groups is 1. The molecular weight excluding hydrogens is 540 g/mol. The summed E-state index contributed by atoms with van der Waals surface area (Å²) in [6.07, 6.45) is -4.56. The monoisotopic (exact) mass is 562 g/mol. The Kier molecular flexibility index (Phi) is 7.56. The Balaban J connectivity index is 1.67. The van der Waals surface area contributed by atoms with E-state index in [9.17, 15) is 32.3 Å². The average molecular weight is 563 g/mol. The van der Waals surface area contributed by atoms with Crippen molar-refractivity contribution in [2.75, 3.05) is 0 Å². The highest BCUT2D eigenvalue weighted by Gasteiger charge is 2.33. The van der Waals surface area contributed by atoms with Gasteiger partial charge in [0.25, 0.3) is 0 Å². The lowest BCUT2D eigenvalue weighted by atomic mass is 9.92. The summed E-state index contributed by atoms with van der Waals surface area (Å²) in [6.45, 7) is 2.21. The van der Waals surface area contributed by atoms with Gasteiger partial charge in [0.15, 0.2) is 5.82 Å². The number of phenols is 1. The number of benzene rings is 3. The Bertz CT molecular complexity index is 1590. The molecule has 0 aliphatic rings. The molecule has 0 saturated heterocycles. The summed E-state index contributed by atoms with van der Waals surface area (Å²) in [4.78, 5) is 26.3. The van der Waals surface area contributed by atoms with E-state index in [2.05, 4.69) is 10.4 Å². The van der Waals surface area contributed by atoms with Gasteiger partial charge in [0.1, 0.15) is 18.1 Å². The van der Waals surface area contributed by atoms with Crippen LogP contribution in [0.2, 0.25) is 5.02 Å². The lowest BCUT2D eigenvalue weighted by Gasteiger charge is -2.27. The van der Waals surface area contributed by atoms with E-state index in [-0.39, 0.29) is 39.8 Å². The van der Waals surface area contributed by atoms with Gasteiger partial charge in [0, 0.05) is 10.6 Å². The number of carbonyl (C=O) groups excluding carboxylic acids is 1. The Morgan fingerprint density at radius 2 is 1.72 bits per heavy atom. The molecule has 1 aromatic heterocycles. The molecular formula is C27H23ClF4N4O3. The van der Waals surface area contributed by atoms with Gasteiger partial charge >= 0.3 is 11.9 Å². The molecule has 0 atom stereocenters. The fourth-order valence-electron chi connectivity index (χ4n) is 4.06. The van der Waals surface area contributed by atoms with Crippen molar-refractivity contribution < 1.29 is 27.5 Å². The number of nitrogens with zero attached hydrogens (tertiary/aromatic N) is 3. The molecule has 7 nitrogen and oxygen atoms in total. The van der Waals surface area contributed by atoms with Crippen molar-refractivity contribution >= 4 is 17.5 Å². The van der Waals surface area contributed by atoms with E-state index in [0.717, 1.165) is 21.4 Å². The van der Waals surface area contributed by atoms with Crippen LogP contribution in [-0.2, 0) is 29.6 Å². The minimum atomic E-state index is -4.56. The number of aromatic nitrogens is 3. The predicted molar refractivity (Wildman–Crippen MR) is 137 cm³/mol. The number of nitrogens with one attached hydrogen (secondary N) is 1. The van der Waals surface area contributed by atoms with E-state index in [1.54, 1.807) is 6.07 Å². The van der Waals surface area contributed by atoms with E-state index in [1.165, 1.54) is 62.4 Å². The van der Waals surface area contributed by atoms with Gasteiger partial charge in [-0.25, -0.2) is 13.9 Å². The molecule has 0 fully saturated rings. The van der Waals surface area contributed by atoms with Gasteiger partial charge in [-0.2, -0.15) is 13.2 Å². The van der Waals surface area contributed by atoms with Crippen molar-refractivity contribution in [2.24, 2.45) is 0 Å². The van der Waals surface area contributed by atoms with Gasteiger partial charge in [0.2, 0.25) is 5.91 Å². The Hall–Kier alpha value is -4.12. The highest BCUT2D eigenvalue weighted by atomic mass is 35.5. The summed E-state index contributed by atoms with van der Waals surface area (Å²) in [5, 5.41) is 17.5. The summed E-state index contributed by atoms with van der Waals surface area (Å²) < 4.78 is 55.9. The van der Waals surface area contributed by atoms with Crippen molar-refractivity contribution in [3.05, 3.63) is 105 Å². The van der Waals surface area contributed by atoms with E-state index in [1.807, 2.05) is 0 Å². The van der Waals surface area contributed by atoms with E-state index >= 15 is 0 Å². The molecule has 1 heterocycles. The molecule has 0 saturated carbocycles. The summed E-state index contributed by atoms with van der Waals surface area (Å²) in [6, 6.07) is 14.5. The third-order valence-corrected chi connectivity index (χ3v) is 6.30. The summed E-state index contributed by atoms with van der Waals surface area (Å²) >= 11 is 5.93. The molecule has 0 spiro atoms. The third kappa shape index (κ3) is 6.14. The van der Waals surface area contributed by atoms with Crippen LogP contribution in [0.1, 0.15) is 30.5 Å². The van der Waals surface area contributed by atoms with Crippen LogP contribution in [0.25, 0.3) is 11.4 Å². The molecule has 0 aliphatic heterocycles. The van der Waals surface area contributed by atoms with Crippen molar-refractivity contribution in [1.82, 2.24) is 19.7 Å². The van der Waals surface area contributed by atoms with Crippen molar-refractivity contribution in [3.63, 3.8) is 0 Å². The van der Waals surface area contributed by atoms with Crippen LogP contribution in [0.4, 0.5) is 17.6 Å². The van der Waals surface area contributed by atoms with Gasteiger partial charge in [0.05, 0.1) is 23.2 Å². The van der Waals surface area contributed by atoms with Gasteiger partial charge in [-0.05, 0) is 55.8 Å². The number of alkyl halides is 3. The zero-order valence-corrected chi connectivity index (χ0v) is 21.5. The maximum atomic E-state index is 14.4. The van der Waals surface area contributed by atoms with Crippen molar-refractivity contribution in [1.29, 1.82) is 0 Å². The molecule has 204 valence electrons. The number of hydrogen-bond acceptors (Lipinski definition) is 4. The first kappa shape index (κ1) is 27.9. The van der Waals surface area contributed by atoms with Crippen LogP contribution in [0.3, 0.4) is 0 Å². The third-order valence-electron chi connectivity index (χ3n) is 6.07. The lowest BCUT2D eigenvalue weighted by Crippen LogP contribution is -2.44. The molecule has 12 heteroatoms. The quantitative estimate of drug-likeness (QED) is 0.298. The maximum Gasteiger partial charge on any atom is 0.416 e. The zero-order chi connectivity index (χ0) is 28.5. The Morgan fingerprint density at radius 3 is 2.38 bits per heavy atom. The number of halogens is 5. The normalized spacial score (nSPS) is 12.0. The summed E-state index contributed by atoms with van der Waals surface area (Å²) in [5.74, 6) is -1.60. The predicted octanol–water partition coefficient (Wildman–Crippen LogP) is 5.33. The van der Waals surface area contributed by atoms with Gasteiger partial charge < -0.3 is 10.4 Å². The first-order chi connectivity index (χ1) is 18.3. The molecule has 0 radical (unpaired) electrons. The summed E-state index contributed by atoms with van der Waals surface area (Å²) in [7, 11) is 0. The average Bonchev–Trinajstić information content (AvgIpc) is 3.14. The highest BCUT2D eigenvalue weighted by molar-refractivity contribution is 6.30. The second-order valence-electron chi connectivity index (χ2n) is 9.35. The van der Waals surface area contributed by atoms with Crippen molar-refractivity contribution in [3.8, 4) is 17.1 Å². The number of phenolic OH excluding ortho intramolecular Hbond substituents is 1. The Morgan fingerprint density at radius 1 is 1.03 bits per heavy atom. The molecule has 2 N–H and O–H groups in total. The maximum absolute atomic E-state index is 14.4. The Labute approximate surface area is 225 Å². The van der Waals surface area contributed by atoms with Crippen LogP contribution in [-0.4, -0.2) is 25.4 Å². The molecule has 3 aromatic carbocycles. The lowest BCUT2D eigenvalue weighted by molar-refractivity contribution is -0.137. The zero-order valence-electron chi connectivity index (χ0n) is 20.8. The van der Waals surface area contributed by atoms with Crippen LogP contribution >= 0.6 is 11.6 Å². The minimum Gasteiger partial charge on any atom is -0.507 e. The van der Waals surface area contributed by atoms with Crippen LogP contribution in [0.15, 0.2) is 71.5 Å². The standard InChI is InChI=1S/C27H23ClF4N4O3/c1-26(2,17-7-5-8-18(12-17)27(30,31)32)33-23(38)15-36-25(39)35(14-16-6-3-4-9-21(16)29)24(34-36)20-11-10-19(28)13-22(20)37/h3-13,37H,14-15H2,1-2H3,(H,33,38). The molecule has 39 heavy (non-hydrogen) atoms. The van der Waals surface area contributed by atoms with Crippen molar-refractivity contribution in [2.45, 2.75) is 38.7 Å². The molecule has 0 aliphatic carbocycles. The van der Waals surface area contributed by atoms with E-state index in [4.69, 9.17) is 11.6 Å². The van der Waals surface area contributed by atoms with Gasteiger partial charge in [-0.1, -0.05) is 41.9 Å². The molecule has 4 rings (SSSR count).